The van der Waals surface area contributed by atoms with Crippen molar-refractivity contribution in [2.45, 2.75) is 32.6 Å². The molecule has 0 radical (unpaired) electrons. The van der Waals surface area contributed by atoms with E-state index in [0.29, 0.717) is 25.9 Å². The number of nitrogens with one attached hydrogen (secondary N) is 1. The van der Waals surface area contributed by atoms with Crippen molar-refractivity contribution < 1.29 is 24.2 Å². The van der Waals surface area contributed by atoms with Crippen LogP contribution in [0.25, 0.3) is 11.1 Å². The number of rotatable bonds is 7. The Morgan fingerprint density at radius 2 is 1.71 bits per heavy atom. The van der Waals surface area contributed by atoms with Crippen molar-refractivity contribution in [3.63, 3.8) is 0 Å². The highest BCUT2D eigenvalue weighted by atomic mass is 16.5. The number of amides is 2. The van der Waals surface area contributed by atoms with E-state index in [1.807, 2.05) is 38.1 Å². The summed E-state index contributed by atoms with van der Waals surface area (Å²) in [6, 6.07) is 16.4. The predicted octanol–water partition coefficient (Wildman–Crippen LogP) is 3.87. The lowest BCUT2D eigenvalue weighted by Crippen LogP contribution is -2.43. The molecule has 1 aliphatic heterocycles. The number of likely N-dealkylation sites (tertiary alicyclic amines) is 1. The van der Waals surface area contributed by atoms with E-state index in [1.165, 1.54) is 11.1 Å². The Morgan fingerprint density at radius 3 is 2.29 bits per heavy atom. The van der Waals surface area contributed by atoms with Crippen LogP contribution in [0.15, 0.2) is 48.5 Å². The van der Waals surface area contributed by atoms with Gasteiger partial charge in [0, 0.05) is 31.0 Å². The van der Waals surface area contributed by atoms with Crippen LogP contribution in [0.2, 0.25) is 0 Å². The molecule has 2 aromatic rings. The fourth-order valence-electron chi connectivity index (χ4n) is 5.63. The Bertz CT molecular complexity index is 1110. The summed E-state index contributed by atoms with van der Waals surface area (Å²) < 4.78 is 5.56. The zero-order chi connectivity index (χ0) is 24.1. The van der Waals surface area contributed by atoms with Gasteiger partial charge in [-0.3, -0.25) is 9.59 Å². The van der Waals surface area contributed by atoms with E-state index in [1.54, 1.807) is 4.90 Å². The van der Waals surface area contributed by atoms with Gasteiger partial charge in [-0.15, -0.1) is 0 Å². The van der Waals surface area contributed by atoms with Crippen molar-refractivity contribution in [1.29, 1.82) is 0 Å². The minimum atomic E-state index is -0.803. The van der Waals surface area contributed by atoms with Crippen molar-refractivity contribution in [3.05, 3.63) is 59.7 Å². The van der Waals surface area contributed by atoms with Gasteiger partial charge in [0.2, 0.25) is 5.91 Å². The van der Waals surface area contributed by atoms with Crippen molar-refractivity contribution in [2.24, 2.45) is 16.7 Å². The summed E-state index contributed by atoms with van der Waals surface area (Å²) in [5.41, 5.74) is 3.24. The molecule has 2 aliphatic carbocycles. The molecule has 0 spiro atoms. The molecule has 2 fully saturated rings. The van der Waals surface area contributed by atoms with E-state index in [2.05, 4.69) is 29.6 Å². The van der Waals surface area contributed by atoms with Gasteiger partial charge in [0.1, 0.15) is 6.61 Å². The Labute approximate surface area is 199 Å². The molecule has 3 aliphatic rings. The van der Waals surface area contributed by atoms with Crippen molar-refractivity contribution in [1.82, 2.24) is 10.2 Å². The molecule has 1 saturated heterocycles. The second kappa shape index (κ2) is 8.15. The van der Waals surface area contributed by atoms with Crippen molar-refractivity contribution >= 4 is 18.0 Å². The molecule has 0 aromatic heterocycles. The standard InChI is InChI=1S/C27H30N2O5/c1-26(2,23(30)29-14-17-13-27(17,16-29)24(31)32)11-12-28-25(33)34-15-22-20-9-5-3-7-18(20)19-8-4-6-10-21(19)22/h3-10,17,22H,11-16H2,1-2H3,(H,28,33)(H,31,32). The lowest BCUT2D eigenvalue weighted by Gasteiger charge is -2.30. The first-order valence-corrected chi connectivity index (χ1v) is 11.8. The molecular formula is C27H30N2O5. The monoisotopic (exact) mass is 462 g/mol. The maximum absolute atomic E-state index is 13.0. The number of benzene rings is 2. The number of carbonyl (C=O) groups excluding carboxylic acids is 2. The first-order chi connectivity index (χ1) is 16.2. The zero-order valence-electron chi connectivity index (χ0n) is 19.5. The van der Waals surface area contributed by atoms with E-state index in [-0.39, 0.29) is 30.9 Å². The Hall–Kier alpha value is -3.35. The fourth-order valence-corrected chi connectivity index (χ4v) is 5.63. The van der Waals surface area contributed by atoms with Crippen LogP contribution in [0.1, 0.15) is 43.7 Å². The van der Waals surface area contributed by atoms with Crippen molar-refractivity contribution in [3.8, 4) is 11.1 Å². The van der Waals surface area contributed by atoms with Crippen LogP contribution in [-0.4, -0.2) is 54.2 Å². The average Bonchev–Trinajstić information content (AvgIpc) is 3.25. The molecule has 2 atom stereocenters. The number of carboxylic acid groups (broad SMARTS) is 1. The van der Waals surface area contributed by atoms with Crippen LogP contribution >= 0.6 is 0 Å². The third kappa shape index (κ3) is 3.73. The predicted molar refractivity (Wildman–Crippen MR) is 126 cm³/mol. The highest BCUT2D eigenvalue weighted by Crippen LogP contribution is 2.58. The molecule has 5 rings (SSSR count). The summed E-state index contributed by atoms with van der Waals surface area (Å²) in [6.07, 6.45) is 0.602. The molecule has 2 amide bonds. The zero-order valence-corrected chi connectivity index (χ0v) is 19.5. The number of aliphatic carboxylic acids is 1. The topological polar surface area (TPSA) is 95.9 Å². The summed E-state index contributed by atoms with van der Waals surface area (Å²) in [6.45, 7) is 5.02. The van der Waals surface area contributed by atoms with Gasteiger partial charge in [-0.1, -0.05) is 62.4 Å². The molecule has 2 unspecified atom stereocenters. The molecule has 1 saturated carbocycles. The number of nitrogens with zero attached hydrogens (tertiary/aromatic N) is 1. The van der Waals surface area contributed by atoms with E-state index in [0.717, 1.165) is 11.1 Å². The van der Waals surface area contributed by atoms with Gasteiger partial charge in [0.05, 0.1) is 5.41 Å². The molecule has 0 bridgehead atoms. The smallest absolute Gasteiger partial charge is 0.407 e. The summed E-state index contributed by atoms with van der Waals surface area (Å²) in [5.74, 6) is -0.791. The van der Waals surface area contributed by atoms with Crippen molar-refractivity contribution in [2.75, 3.05) is 26.2 Å². The maximum Gasteiger partial charge on any atom is 0.407 e. The van der Waals surface area contributed by atoms with Gasteiger partial charge >= 0.3 is 12.1 Å². The highest BCUT2D eigenvalue weighted by molar-refractivity contribution is 5.86. The Balaban J connectivity index is 1.12. The molecular weight excluding hydrogens is 432 g/mol. The van der Waals surface area contributed by atoms with Gasteiger partial charge in [0.15, 0.2) is 0 Å². The number of piperidine rings is 1. The minimum Gasteiger partial charge on any atom is -0.481 e. The highest BCUT2D eigenvalue weighted by Gasteiger charge is 2.66. The van der Waals surface area contributed by atoms with Crippen LogP contribution in [0, 0.1) is 16.7 Å². The quantitative estimate of drug-likeness (QED) is 0.651. The minimum absolute atomic E-state index is 0.000624. The van der Waals surface area contributed by atoms with Crippen LogP contribution in [0.4, 0.5) is 4.79 Å². The molecule has 2 aromatic carbocycles. The average molecular weight is 463 g/mol. The van der Waals surface area contributed by atoms with E-state index < -0.39 is 22.9 Å². The summed E-state index contributed by atoms with van der Waals surface area (Å²) in [4.78, 5) is 38.6. The summed E-state index contributed by atoms with van der Waals surface area (Å²) in [5, 5.41) is 12.2. The molecule has 2 N–H and O–H groups in total. The molecule has 34 heavy (non-hydrogen) atoms. The number of ether oxygens (including phenoxy) is 1. The van der Waals surface area contributed by atoms with Gasteiger partial charge in [0.25, 0.3) is 0 Å². The first kappa shape index (κ1) is 22.4. The fraction of sp³-hybridized carbons (Fsp3) is 0.444. The largest absolute Gasteiger partial charge is 0.481 e. The number of alkyl carbamates (subject to hydrolysis) is 1. The molecule has 1 heterocycles. The first-order valence-electron chi connectivity index (χ1n) is 11.8. The van der Waals surface area contributed by atoms with Gasteiger partial charge in [-0.2, -0.15) is 0 Å². The van der Waals surface area contributed by atoms with Crippen LogP contribution < -0.4 is 5.32 Å². The second-order valence-corrected chi connectivity index (χ2v) is 10.4. The summed E-state index contributed by atoms with van der Waals surface area (Å²) in [7, 11) is 0. The number of hydrogen-bond acceptors (Lipinski definition) is 4. The SMILES string of the molecule is CC(C)(CCNC(=O)OCC1c2ccccc2-c2ccccc21)C(=O)N1CC2CC2(C(=O)O)C1. The van der Waals surface area contributed by atoms with Crippen LogP contribution in [0.3, 0.4) is 0 Å². The second-order valence-electron chi connectivity index (χ2n) is 10.4. The molecule has 7 heteroatoms. The lowest BCUT2D eigenvalue weighted by atomic mass is 9.87. The summed E-state index contributed by atoms with van der Waals surface area (Å²) >= 11 is 0. The van der Waals surface area contributed by atoms with Gasteiger partial charge < -0.3 is 20.1 Å². The molecule has 7 nitrogen and oxygen atoms in total. The maximum atomic E-state index is 13.0. The number of hydrogen-bond donors (Lipinski definition) is 2. The number of carboxylic acids is 1. The normalized spacial score (nSPS) is 22.5. The third-order valence-corrected chi connectivity index (χ3v) is 7.80. The van der Waals surface area contributed by atoms with Crippen LogP contribution in [-0.2, 0) is 14.3 Å². The van der Waals surface area contributed by atoms with Gasteiger partial charge in [-0.25, -0.2) is 4.79 Å². The number of fused-ring (bicyclic) bond motifs is 4. The van der Waals surface area contributed by atoms with E-state index in [9.17, 15) is 19.5 Å². The Kier molecular flexibility index (Phi) is 5.38. The number of carbonyl (C=O) groups is 3. The third-order valence-electron chi connectivity index (χ3n) is 7.80. The lowest BCUT2D eigenvalue weighted by molar-refractivity contribution is -0.145. The van der Waals surface area contributed by atoms with E-state index in [4.69, 9.17) is 4.74 Å². The molecule has 178 valence electrons. The Morgan fingerprint density at radius 1 is 1.09 bits per heavy atom. The van der Waals surface area contributed by atoms with Gasteiger partial charge in [-0.05, 0) is 41.0 Å². The van der Waals surface area contributed by atoms with Crippen LogP contribution in [0.5, 0.6) is 0 Å². The van der Waals surface area contributed by atoms with E-state index >= 15 is 0 Å².